The number of hydrogen-bond acceptors (Lipinski definition) is 5. The first kappa shape index (κ1) is 20.5. The summed E-state index contributed by atoms with van der Waals surface area (Å²) in [6, 6.07) is 9.70. The number of carbonyl (C=O) groups excluding carboxylic acids is 2. The molecule has 0 unspecified atom stereocenters. The van der Waals surface area contributed by atoms with Gasteiger partial charge in [0.25, 0.3) is 0 Å². The number of benzene rings is 2. The van der Waals surface area contributed by atoms with E-state index < -0.39 is 11.9 Å². The lowest BCUT2D eigenvalue weighted by Gasteiger charge is -2.11. The Labute approximate surface area is 168 Å². The summed E-state index contributed by atoms with van der Waals surface area (Å²) in [7, 11) is 1.27. The highest BCUT2D eigenvalue weighted by molar-refractivity contribution is 9.10. The molecule has 2 rings (SSSR count). The number of hydrogen-bond donors (Lipinski definition) is 0. The van der Waals surface area contributed by atoms with Crippen LogP contribution < -0.4 is 9.47 Å². The van der Waals surface area contributed by atoms with Crippen LogP contribution in [0.15, 0.2) is 45.3 Å². The molecule has 138 valence electrons. The van der Waals surface area contributed by atoms with Gasteiger partial charge < -0.3 is 14.2 Å². The van der Waals surface area contributed by atoms with Crippen LogP contribution in [0.5, 0.6) is 11.5 Å². The van der Waals surface area contributed by atoms with E-state index in [9.17, 15) is 9.59 Å². The van der Waals surface area contributed by atoms with Gasteiger partial charge in [0.1, 0.15) is 17.1 Å². The monoisotopic (exact) mass is 484 g/mol. The topological polar surface area (TPSA) is 61.8 Å². The molecule has 0 N–H and O–H groups in total. The zero-order valence-electron chi connectivity index (χ0n) is 14.4. The summed E-state index contributed by atoms with van der Waals surface area (Å²) in [5.41, 5.74) is 0.493. The Hall–Kier alpha value is -1.86. The third-order valence-corrected chi connectivity index (χ3v) is 4.59. The third-order valence-electron chi connectivity index (χ3n) is 3.47. The highest BCUT2D eigenvalue weighted by Crippen LogP contribution is 2.28. The smallest absolute Gasteiger partial charge is 0.343 e. The second-order valence-corrected chi connectivity index (χ2v) is 7.14. The zero-order chi connectivity index (χ0) is 19.1. The predicted molar refractivity (Wildman–Crippen MR) is 105 cm³/mol. The van der Waals surface area contributed by atoms with E-state index >= 15 is 0 Å². The van der Waals surface area contributed by atoms with Gasteiger partial charge >= 0.3 is 11.9 Å². The van der Waals surface area contributed by atoms with Gasteiger partial charge in [0.2, 0.25) is 0 Å². The maximum Gasteiger partial charge on any atom is 0.343 e. The summed E-state index contributed by atoms with van der Waals surface area (Å²) in [6.07, 6.45) is 1.99. The van der Waals surface area contributed by atoms with Crippen LogP contribution >= 0.6 is 31.9 Å². The van der Waals surface area contributed by atoms with Crippen LogP contribution in [0.2, 0.25) is 0 Å². The van der Waals surface area contributed by atoms with E-state index in [0.29, 0.717) is 26.9 Å². The van der Waals surface area contributed by atoms with Crippen molar-refractivity contribution in [2.75, 3.05) is 13.7 Å². The molecule has 7 heteroatoms. The van der Waals surface area contributed by atoms with Gasteiger partial charge in [0, 0.05) is 4.47 Å². The molecule has 0 saturated carbocycles. The summed E-state index contributed by atoms with van der Waals surface area (Å²) in [5.74, 6) is -0.383. The van der Waals surface area contributed by atoms with Gasteiger partial charge in [-0.25, -0.2) is 9.59 Å². The highest BCUT2D eigenvalue weighted by atomic mass is 79.9. The van der Waals surface area contributed by atoms with E-state index in [1.54, 1.807) is 24.3 Å². The van der Waals surface area contributed by atoms with Crippen molar-refractivity contribution >= 4 is 43.8 Å². The maximum atomic E-state index is 12.4. The molecule has 0 aromatic heterocycles. The molecule has 0 amide bonds. The van der Waals surface area contributed by atoms with Crippen LogP contribution in [-0.2, 0) is 4.74 Å². The van der Waals surface area contributed by atoms with Gasteiger partial charge in [-0.1, -0.05) is 29.3 Å². The molecular weight excluding hydrogens is 468 g/mol. The lowest BCUT2D eigenvalue weighted by atomic mass is 10.2. The average Bonchev–Trinajstić information content (AvgIpc) is 2.63. The molecule has 0 spiro atoms. The Morgan fingerprint density at radius 3 is 2.38 bits per heavy atom. The van der Waals surface area contributed by atoms with Crippen molar-refractivity contribution in [2.45, 2.75) is 19.8 Å². The quantitative estimate of drug-likeness (QED) is 0.298. The molecular formula is C19H18Br2O5. The number of unbranched alkanes of at least 4 members (excludes halogenated alkanes) is 1. The Morgan fingerprint density at radius 2 is 1.73 bits per heavy atom. The number of esters is 2. The van der Waals surface area contributed by atoms with Crippen LogP contribution in [-0.4, -0.2) is 25.7 Å². The molecule has 0 atom stereocenters. The van der Waals surface area contributed by atoms with E-state index in [2.05, 4.69) is 38.8 Å². The lowest BCUT2D eigenvalue weighted by molar-refractivity contribution is 0.0593. The molecule has 0 heterocycles. The number of methoxy groups -OCH3 is 1. The minimum atomic E-state index is -0.588. The third kappa shape index (κ3) is 5.32. The molecule has 5 nitrogen and oxygen atoms in total. The van der Waals surface area contributed by atoms with Crippen molar-refractivity contribution in [1.29, 1.82) is 0 Å². The Morgan fingerprint density at radius 1 is 1.00 bits per heavy atom. The van der Waals surface area contributed by atoms with Crippen molar-refractivity contribution < 1.29 is 23.8 Å². The van der Waals surface area contributed by atoms with Gasteiger partial charge in [0.05, 0.1) is 23.8 Å². The second-order valence-electron chi connectivity index (χ2n) is 5.37. The van der Waals surface area contributed by atoms with Gasteiger partial charge in [-0.05, 0) is 58.7 Å². The Kier molecular flexibility index (Phi) is 7.66. The molecule has 0 fully saturated rings. The van der Waals surface area contributed by atoms with Crippen molar-refractivity contribution in [3.05, 3.63) is 56.5 Å². The fraction of sp³-hybridized carbons (Fsp3) is 0.263. The largest absolute Gasteiger partial charge is 0.492 e. The highest BCUT2D eigenvalue weighted by Gasteiger charge is 2.18. The van der Waals surface area contributed by atoms with Gasteiger partial charge in [0.15, 0.2) is 0 Å². The molecule has 0 aliphatic heterocycles. The van der Waals surface area contributed by atoms with E-state index in [1.807, 2.05) is 0 Å². The molecule has 0 aliphatic rings. The van der Waals surface area contributed by atoms with Gasteiger partial charge in [-0.2, -0.15) is 0 Å². The van der Waals surface area contributed by atoms with Gasteiger partial charge in [-0.15, -0.1) is 0 Å². The SMILES string of the molecule is CCCCOc1ccc(C(=O)Oc2ccc(Br)cc2C(=O)OC)cc1Br. The number of carbonyl (C=O) groups is 2. The Bertz CT molecular complexity index is 805. The summed E-state index contributed by atoms with van der Waals surface area (Å²) in [5, 5.41) is 0. The van der Waals surface area contributed by atoms with Crippen LogP contribution in [0.1, 0.15) is 40.5 Å². The Balaban J connectivity index is 2.18. The molecule has 0 radical (unpaired) electrons. The minimum Gasteiger partial charge on any atom is -0.492 e. The lowest BCUT2D eigenvalue weighted by Crippen LogP contribution is -2.12. The summed E-state index contributed by atoms with van der Waals surface area (Å²) in [6.45, 7) is 2.70. The van der Waals surface area contributed by atoms with Crippen molar-refractivity contribution in [3.8, 4) is 11.5 Å². The number of halogens is 2. The fourth-order valence-electron chi connectivity index (χ4n) is 2.09. The van der Waals surface area contributed by atoms with Crippen LogP contribution in [0, 0.1) is 0 Å². The van der Waals surface area contributed by atoms with E-state index in [4.69, 9.17) is 14.2 Å². The first-order chi connectivity index (χ1) is 12.5. The first-order valence-corrected chi connectivity index (χ1v) is 9.57. The average molecular weight is 486 g/mol. The summed E-state index contributed by atoms with van der Waals surface area (Å²) < 4.78 is 17.1. The minimum absolute atomic E-state index is 0.129. The van der Waals surface area contributed by atoms with Crippen LogP contribution in [0.4, 0.5) is 0 Å². The molecule has 0 saturated heterocycles. The molecule has 0 aliphatic carbocycles. The van der Waals surface area contributed by atoms with E-state index in [1.165, 1.54) is 19.2 Å². The zero-order valence-corrected chi connectivity index (χ0v) is 17.6. The normalized spacial score (nSPS) is 10.3. The van der Waals surface area contributed by atoms with Crippen molar-refractivity contribution in [3.63, 3.8) is 0 Å². The van der Waals surface area contributed by atoms with E-state index in [-0.39, 0.29) is 11.3 Å². The number of ether oxygens (including phenoxy) is 3. The second kappa shape index (κ2) is 9.73. The molecule has 26 heavy (non-hydrogen) atoms. The summed E-state index contributed by atoms with van der Waals surface area (Å²) in [4.78, 5) is 24.3. The summed E-state index contributed by atoms with van der Waals surface area (Å²) >= 11 is 6.68. The first-order valence-electron chi connectivity index (χ1n) is 7.98. The number of rotatable bonds is 7. The van der Waals surface area contributed by atoms with Gasteiger partial charge in [-0.3, -0.25) is 0 Å². The van der Waals surface area contributed by atoms with Crippen molar-refractivity contribution in [1.82, 2.24) is 0 Å². The molecule has 2 aromatic carbocycles. The van der Waals surface area contributed by atoms with Crippen LogP contribution in [0.25, 0.3) is 0 Å². The molecule has 0 bridgehead atoms. The fourth-order valence-corrected chi connectivity index (χ4v) is 2.95. The van der Waals surface area contributed by atoms with Crippen LogP contribution in [0.3, 0.4) is 0 Å². The predicted octanol–water partition coefficient (Wildman–Crippen LogP) is 5.40. The maximum absolute atomic E-state index is 12.4. The standard InChI is InChI=1S/C19H18Br2O5/c1-3-4-9-25-17-7-5-12(10-15(17)21)18(22)26-16-8-6-13(20)11-14(16)19(23)24-2/h5-8,10-11H,3-4,9H2,1-2H3. The van der Waals surface area contributed by atoms with E-state index in [0.717, 1.165) is 12.8 Å². The van der Waals surface area contributed by atoms with Crippen molar-refractivity contribution in [2.24, 2.45) is 0 Å². The molecule has 2 aromatic rings.